The van der Waals surface area contributed by atoms with E-state index in [0.29, 0.717) is 37.9 Å². The molecular formula is C39H44O9S2. The normalized spacial score (nSPS) is 26.7. The number of benzene rings is 4. The molecule has 0 saturated carbocycles. The third kappa shape index (κ3) is 9.61. The molecule has 0 aliphatic carbocycles. The summed E-state index contributed by atoms with van der Waals surface area (Å²) in [7, 11) is -5.05. The Morgan fingerprint density at radius 3 is 1.64 bits per heavy atom. The summed E-state index contributed by atoms with van der Waals surface area (Å²) in [5, 5.41) is 10.2. The molecule has 0 N–H and O–H groups in total. The molecule has 0 spiro atoms. The van der Waals surface area contributed by atoms with Crippen LogP contribution in [0.4, 0.5) is 0 Å². The molecule has 2 fully saturated rings. The second-order valence-corrected chi connectivity index (χ2v) is 16.7. The Labute approximate surface area is 297 Å². The smallest absolute Gasteiger partial charge is 0.267 e. The van der Waals surface area contributed by atoms with Gasteiger partial charge in [0.1, 0.15) is 41.2 Å². The SMILES string of the molecule is C[C@H]1O[C@H](C[S+]2C[C@@H](OCc3ccccc3)[C@H](OCc3ccccc3)[C@H]2COCc2ccccc2)[C@@H](S(=O)(=O)O[O-])[C@@H]1OCc1ccccc1. The Morgan fingerprint density at radius 1 is 0.680 bits per heavy atom. The maximum absolute atomic E-state index is 13.2. The quantitative estimate of drug-likeness (QED) is 0.0868. The Hall–Kier alpha value is -3.10. The van der Waals surface area contributed by atoms with Crippen molar-refractivity contribution in [1.82, 2.24) is 0 Å². The van der Waals surface area contributed by atoms with Crippen molar-refractivity contribution in [2.45, 2.75) is 74.4 Å². The largest absolute Gasteiger partial charge is 0.707 e. The Balaban J connectivity index is 1.25. The van der Waals surface area contributed by atoms with Crippen LogP contribution in [0.3, 0.4) is 0 Å². The standard InChI is InChI=1S/C39H44O9S2/c1-29-37(45-24-32-18-10-4-11-19-32)39(50(41,42)48-40)35(47-29)28-49-27-34(44-23-31-16-8-3-9-17-31)38(46-25-33-20-12-5-13-21-33)36(49)26-43-22-30-14-6-2-7-15-30/h2-21,29,34-39H,22-28H2,1H3/t29-,34-,35-,36-,37-,38+,39-,49?/m1/s1. The molecule has 4 aromatic carbocycles. The van der Waals surface area contributed by atoms with Crippen LogP contribution < -0.4 is 5.26 Å². The van der Waals surface area contributed by atoms with E-state index in [9.17, 15) is 13.7 Å². The molecule has 4 aromatic rings. The molecule has 0 bridgehead atoms. The van der Waals surface area contributed by atoms with Crippen LogP contribution in [-0.2, 0) is 75.5 Å². The van der Waals surface area contributed by atoms with Crippen LogP contribution >= 0.6 is 0 Å². The van der Waals surface area contributed by atoms with E-state index in [0.717, 1.165) is 22.3 Å². The summed E-state index contributed by atoms with van der Waals surface area (Å²) >= 11 is 0. The molecule has 266 valence electrons. The van der Waals surface area contributed by atoms with E-state index in [4.69, 9.17) is 23.7 Å². The summed E-state index contributed by atoms with van der Waals surface area (Å²) in [6.07, 6.45) is -2.95. The predicted molar refractivity (Wildman–Crippen MR) is 190 cm³/mol. The van der Waals surface area contributed by atoms with Gasteiger partial charge in [0, 0.05) is 10.9 Å². The number of rotatable bonds is 17. The zero-order valence-electron chi connectivity index (χ0n) is 28.0. The van der Waals surface area contributed by atoms with Gasteiger partial charge in [-0.3, -0.25) is 0 Å². The van der Waals surface area contributed by atoms with Crippen LogP contribution in [0.15, 0.2) is 121 Å². The van der Waals surface area contributed by atoms with Crippen molar-refractivity contribution in [2.24, 2.45) is 0 Å². The van der Waals surface area contributed by atoms with Gasteiger partial charge >= 0.3 is 0 Å². The molecule has 6 rings (SSSR count). The average Bonchev–Trinajstić information content (AvgIpc) is 3.65. The molecule has 11 heteroatoms. The minimum atomic E-state index is -4.56. The van der Waals surface area contributed by atoms with Crippen LogP contribution in [0.1, 0.15) is 29.2 Å². The highest BCUT2D eigenvalue weighted by atomic mass is 32.2. The van der Waals surface area contributed by atoms with E-state index < -0.39 is 44.6 Å². The van der Waals surface area contributed by atoms with Crippen molar-refractivity contribution >= 4 is 21.0 Å². The van der Waals surface area contributed by atoms with Gasteiger partial charge in [-0.25, -0.2) is 0 Å². The number of hydrogen-bond donors (Lipinski definition) is 0. The molecule has 2 aliphatic rings. The van der Waals surface area contributed by atoms with Crippen LogP contribution in [-0.4, -0.2) is 67.6 Å². The first kappa shape index (κ1) is 36.7. The van der Waals surface area contributed by atoms with Gasteiger partial charge in [0.25, 0.3) is 10.1 Å². The monoisotopic (exact) mass is 720 g/mol. The van der Waals surface area contributed by atoms with Gasteiger partial charge in [-0.15, -0.1) is 0 Å². The average molecular weight is 721 g/mol. The van der Waals surface area contributed by atoms with Crippen molar-refractivity contribution in [3.05, 3.63) is 144 Å². The lowest BCUT2D eigenvalue weighted by atomic mass is 10.1. The topological polar surface area (TPSA) is 113 Å². The summed E-state index contributed by atoms with van der Waals surface area (Å²) in [6, 6.07) is 39.4. The summed E-state index contributed by atoms with van der Waals surface area (Å²) in [5.74, 6) is 0.957. The second kappa shape index (κ2) is 17.9. The summed E-state index contributed by atoms with van der Waals surface area (Å²) in [4.78, 5) is 0. The summed E-state index contributed by atoms with van der Waals surface area (Å²) in [5.41, 5.74) is 4.01. The van der Waals surface area contributed by atoms with Crippen LogP contribution in [0, 0.1) is 0 Å². The van der Waals surface area contributed by atoms with E-state index in [1.54, 1.807) is 6.92 Å². The predicted octanol–water partition coefficient (Wildman–Crippen LogP) is 4.74. The molecule has 2 heterocycles. The van der Waals surface area contributed by atoms with Gasteiger partial charge in [0.05, 0.1) is 39.1 Å². The molecule has 2 saturated heterocycles. The van der Waals surface area contributed by atoms with Gasteiger partial charge in [-0.1, -0.05) is 121 Å². The van der Waals surface area contributed by atoms with Crippen molar-refractivity contribution in [2.75, 3.05) is 18.1 Å². The molecule has 8 atom stereocenters. The maximum atomic E-state index is 13.2. The van der Waals surface area contributed by atoms with Gasteiger partial charge in [0.2, 0.25) is 0 Å². The van der Waals surface area contributed by atoms with Crippen LogP contribution in [0.5, 0.6) is 0 Å². The molecule has 50 heavy (non-hydrogen) atoms. The van der Waals surface area contributed by atoms with Crippen molar-refractivity contribution in [3.8, 4) is 0 Å². The van der Waals surface area contributed by atoms with E-state index in [2.05, 4.69) is 4.33 Å². The van der Waals surface area contributed by atoms with Crippen molar-refractivity contribution in [3.63, 3.8) is 0 Å². The number of ether oxygens (including phenoxy) is 5. The van der Waals surface area contributed by atoms with E-state index in [1.807, 2.05) is 121 Å². The summed E-state index contributed by atoms with van der Waals surface area (Å²) in [6.45, 7) is 3.52. The zero-order valence-corrected chi connectivity index (χ0v) is 29.7. The highest BCUT2D eigenvalue weighted by molar-refractivity contribution is 7.98. The minimum absolute atomic E-state index is 0.136. The Morgan fingerprint density at radius 2 is 1.14 bits per heavy atom. The lowest BCUT2D eigenvalue weighted by molar-refractivity contribution is -0.635. The lowest BCUT2D eigenvalue weighted by Crippen LogP contribution is -2.47. The third-order valence-corrected chi connectivity index (χ3v) is 13.4. The first-order valence-electron chi connectivity index (χ1n) is 16.9. The van der Waals surface area contributed by atoms with E-state index in [1.165, 1.54) is 0 Å². The van der Waals surface area contributed by atoms with Crippen LogP contribution in [0.2, 0.25) is 0 Å². The third-order valence-electron chi connectivity index (χ3n) is 9.16. The Bertz CT molecular complexity index is 1680. The second-order valence-electron chi connectivity index (χ2n) is 12.7. The van der Waals surface area contributed by atoms with Gasteiger partial charge in [0.15, 0.2) is 5.25 Å². The van der Waals surface area contributed by atoms with E-state index >= 15 is 0 Å². The molecule has 0 amide bonds. The highest BCUT2D eigenvalue weighted by Crippen LogP contribution is 2.37. The number of hydrogen-bond acceptors (Lipinski definition) is 9. The fourth-order valence-corrected chi connectivity index (χ4v) is 11.0. The molecular weight excluding hydrogens is 677 g/mol. The highest BCUT2D eigenvalue weighted by Gasteiger charge is 2.58. The first-order valence-corrected chi connectivity index (χ1v) is 20.0. The fourth-order valence-electron chi connectivity index (χ4n) is 6.66. The van der Waals surface area contributed by atoms with Crippen LogP contribution in [0.25, 0.3) is 0 Å². The molecule has 0 aromatic heterocycles. The van der Waals surface area contributed by atoms with Gasteiger partial charge in [-0.05, 0) is 29.2 Å². The van der Waals surface area contributed by atoms with Gasteiger partial charge in [-0.2, -0.15) is 8.42 Å². The molecule has 0 radical (unpaired) electrons. The molecule has 1 unspecified atom stereocenters. The zero-order chi connectivity index (χ0) is 34.8. The first-order chi connectivity index (χ1) is 24.4. The Kier molecular flexibility index (Phi) is 13.1. The van der Waals surface area contributed by atoms with Crippen molar-refractivity contribution < 1.29 is 41.7 Å². The molecule has 9 nitrogen and oxygen atoms in total. The van der Waals surface area contributed by atoms with Crippen molar-refractivity contribution in [1.29, 1.82) is 0 Å². The summed E-state index contributed by atoms with van der Waals surface area (Å²) < 4.78 is 62.5. The molecule has 2 aliphatic heterocycles. The maximum Gasteiger partial charge on any atom is 0.267 e. The minimum Gasteiger partial charge on any atom is -0.707 e. The lowest BCUT2D eigenvalue weighted by Gasteiger charge is -2.25. The van der Waals surface area contributed by atoms with Gasteiger partial charge < -0.3 is 33.3 Å². The van der Waals surface area contributed by atoms with E-state index in [-0.39, 0.29) is 24.1 Å². The fraction of sp³-hybridized carbons (Fsp3) is 0.385.